The number of pyridine rings is 2. The second kappa shape index (κ2) is 20.5. The van der Waals surface area contributed by atoms with Crippen LogP contribution in [0.15, 0.2) is 97.2 Å². The summed E-state index contributed by atoms with van der Waals surface area (Å²) in [5, 5.41) is 17.1. The highest BCUT2D eigenvalue weighted by Crippen LogP contribution is 2.24. The van der Waals surface area contributed by atoms with Crippen molar-refractivity contribution in [2.45, 2.75) is 97.6 Å². The minimum absolute atomic E-state index is 0.0435. The van der Waals surface area contributed by atoms with Crippen LogP contribution < -0.4 is 10.7 Å². The lowest BCUT2D eigenvalue weighted by molar-refractivity contribution is -0.142. The molecule has 2 fully saturated rings. The van der Waals surface area contributed by atoms with Gasteiger partial charge in [-0.2, -0.15) is 0 Å². The van der Waals surface area contributed by atoms with Gasteiger partial charge in [0, 0.05) is 56.6 Å². The van der Waals surface area contributed by atoms with Gasteiger partial charge in [-0.1, -0.05) is 101 Å². The number of carbonyl (C=O) groups is 4. The van der Waals surface area contributed by atoms with Crippen LogP contribution in [0.1, 0.15) is 69.5 Å². The first-order valence-electron chi connectivity index (χ1n) is 21.3. The lowest BCUT2D eigenvalue weighted by Crippen LogP contribution is -2.59. The molecule has 5 atom stereocenters. The first-order chi connectivity index (χ1) is 28.9. The highest BCUT2D eigenvalue weighted by Gasteiger charge is 2.41. The van der Waals surface area contributed by atoms with E-state index in [1.807, 2.05) is 126 Å². The Labute approximate surface area is 354 Å². The van der Waals surface area contributed by atoms with E-state index in [1.54, 1.807) is 25.9 Å². The molecule has 0 spiro atoms. The number of aliphatic hydroxyl groups is 1. The van der Waals surface area contributed by atoms with Crippen LogP contribution in [0.25, 0.3) is 11.3 Å². The van der Waals surface area contributed by atoms with Crippen LogP contribution in [0.4, 0.5) is 4.79 Å². The van der Waals surface area contributed by atoms with Gasteiger partial charge in [-0.05, 0) is 67.0 Å². The molecule has 13 nitrogen and oxygen atoms in total. The highest BCUT2D eigenvalue weighted by atomic mass is 16.3. The fraction of sp³-hybridized carbons (Fsp3) is 0.447. The molecule has 2 aliphatic heterocycles. The first kappa shape index (κ1) is 43.9. The Kier molecular flexibility index (Phi) is 15.0. The minimum Gasteiger partial charge on any atom is -0.390 e. The predicted molar refractivity (Wildman–Crippen MR) is 231 cm³/mol. The van der Waals surface area contributed by atoms with Crippen LogP contribution in [0.3, 0.4) is 0 Å². The standard InChI is InChI=1S/C47H60N8O5/c1-6-33(4)44(55-27-26-52(47(55)60)30-38-17-12-14-34(5)49-38)45(58)50-40(28-35-15-8-7-9-16-35)41(56)31-53(51-46(59)43(32(2)3)54-25-13-19-42(54)57)29-36-20-22-37(23-21-36)39-18-10-11-24-48-39/h7-12,14-18,20-24,32-33,40-41,43-44,56H,6,13,19,25-31H2,1-5H3,(H,50,58)(H,51,59)/t33-,40-,41+,43?,44-/m0/s1. The number of benzene rings is 2. The lowest BCUT2D eigenvalue weighted by Gasteiger charge is -2.36. The summed E-state index contributed by atoms with van der Waals surface area (Å²) in [6, 6.07) is 26.5. The summed E-state index contributed by atoms with van der Waals surface area (Å²) in [5.74, 6) is -1.06. The van der Waals surface area contributed by atoms with E-state index in [0.717, 1.165) is 33.8 Å². The Morgan fingerprint density at radius 2 is 1.58 bits per heavy atom. The number of hydrogen-bond acceptors (Lipinski definition) is 8. The van der Waals surface area contributed by atoms with E-state index in [1.165, 1.54) is 0 Å². The number of rotatable bonds is 19. The molecule has 2 saturated heterocycles. The van der Waals surface area contributed by atoms with Gasteiger partial charge in [0.25, 0.3) is 5.91 Å². The van der Waals surface area contributed by atoms with Crippen LogP contribution in [0.2, 0.25) is 0 Å². The Bertz CT molecular complexity index is 2050. The molecule has 4 heterocycles. The number of aromatic nitrogens is 2. The molecule has 13 heteroatoms. The molecular weight excluding hydrogens is 757 g/mol. The van der Waals surface area contributed by atoms with Gasteiger partial charge in [-0.25, -0.2) is 9.80 Å². The molecule has 2 aromatic heterocycles. The second-order valence-corrected chi connectivity index (χ2v) is 16.5. The van der Waals surface area contributed by atoms with Crippen molar-refractivity contribution in [3.8, 4) is 11.3 Å². The summed E-state index contributed by atoms with van der Waals surface area (Å²) in [7, 11) is 0. The van der Waals surface area contributed by atoms with Crippen LogP contribution in [0.5, 0.6) is 0 Å². The number of nitrogens with one attached hydrogen (secondary N) is 2. The van der Waals surface area contributed by atoms with Gasteiger partial charge >= 0.3 is 6.03 Å². The summed E-state index contributed by atoms with van der Waals surface area (Å²) in [5.41, 5.74) is 8.28. The number of carbonyl (C=O) groups excluding carboxylic acids is 4. The van der Waals surface area contributed by atoms with Crippen molar-refractivity contribution in [2.75, 3.05) is 26.2 Å². The van der Waals surface area contributed by atoms with Crippen molar-refractivity contribution < 1.29 is 24.3 Å². The summed E-state index contributed by atoms with van der Waals surface area (Å²) in [6.07, 6.45) is 2.65. The molecule has 2 aliphatic rings. The van der Waals surface area contributed by atoms with Gasteiger partial charge in [0.2, 0.25) is 11.8 Å². The number of hydrazine groups is 1. The zero-order valence-corrected chi connectivity index (χ0v) is 35.5. The van der Waals surface area contributed by atoms with Gasteiger partial charge in [0.1, 0.15) is 12.1 Å². The summed E-state index contributed by atoms with van der Waals surface area (Å²) < 4.78 is 0. The van der Waals surface area contributed by atoms with Crippen LogP contribution in [-0.2, 0) is 33.9 Å². The highest BCUT2D eigenvalue weighted by molar-refractivity contribution is 5.89. The second-order valence-electron chi connectivity index (χ2n) is 16.5. The maximum atomic E-state index is 14.6. The van der Waals surface area contributed by atoms with Crippen LogP contribution >= 0.6 is 0 Å². The zero-order valence-electron chi connectivity index (χ0n) is 35.5. The van der Waals surface area contributed by atoms with Crippen LogP contribution in [0, 0.1) is 18.8 Å². The summed E-state index contributed by atoms with van der Waals surface area (Å²) in [4.78, 5) is 69.6. The lowest BCUT2D eigenvalue weighted by atomic mass is 9.95. The fourth-order valence-electron chi connectivity index (χ4n) is 8.27. The molecule has 3 N–H and O–H groups in total. The van der Waals surface area contributed by atoms with Gasteiger partial charge < -0.3 is 25.1 Å². The molecule has 60 heavy (non-hydrogen) atoms. The van der Waals surface area contributed by atoms with E-state index in [4.69, 9.17) is 0 Å². The maximum absolute atomic E-state index is 14.6. The largest absolute Gasteiger partial charge is 0.390 e. The molecule has 5 amide bonds. The summed E-state index contributed by atoms with van der Waals surface area (Å²) >= 11 is 0. The average molecular weight is 817 g/mol. The number of hydrogen-bond donors (Lipinski definition) is 3. The SMILES string of the molecule is CC[C@H](C)[C@@H](C(=O)N[C@@H](Cc1ccccc1)[C@H](O)CN(Cc1ccc(-c2ccccn2)cc1)NC(=O)C(C(C)C)N1CCCC1=O)N1CCN(Cc2cccc(C)n2)C1=O. The number of aryl methyl sites for hydroxylation is 1. The van der Waals surface area contributed by atoms with E-state index in [0.29, 0.717) is 51.9 Å². The molecule has 0 bridgehead atoms. The van der Waals surface area contributed by atoms with E-state index in [9.17, 15) is 24.3 Å². The van der Waals surface area contributed by atoms with Crippen LogP contribution in [-0.4, -0.2) is 109 Å². The monoisotopic (exact) mass is 816 g/mol. The van der Waals surface area contributed by atoms with Crippen molar-refractivity contribution in [3.05, 3.63) is 120 Å². The first-order valence-corrected chi connectivity index (χ1v) is 21.3. The van der Waals surface area contributed by atoms with E-state index in [-0.39, 0.29) is 48.7 Å². The van der Waals surface area contributed by atoms with Gasteiger partial charge in [-0.3, -0.25) is 29.8 Å². The van der Waals surface area contributed by atoms with Gasteiger partial charge in [0.05, 0.1) is 30.1 Å². The normalized spacial score (nSPS) is 16.9. The molecular formula is C47H60N8O5. The fourth-order valence-corrected chi connectivity index (χ4v) is 8.27. The maximum Gasteiger partial charge on any atom is 0.321 e. The molecule has 6 rings (SSSR count). The Balaban J connectivity index is 1.25. The topological polar surface area (TPSA) is 151 Å². The van der Waals surface area contributed by atoms with Crippen molar-refractivity contribution in [3.63, 3.8) is 0 Å². The van der Waals surface area contributed by atoms with Gasteiger partial charge in [-0.15, -0.1) is 0 Å². The van der Waals surface area contributed by atoms with E-state index >= 15 is 0 Å². The predicted octanol–water partition coefficient (Wildman–Crippen LogP) is 5.37. The third kappa shape index (κ3) is 11.1. The Morgan fingerprint density at radius 3 is 2.23 bits per heavy atom. The number of amides is 5. The number of urea groups is 1. The molecule has 0 radical (unpaired) electrons. The van der Waals surface area contributed by atoms with Crippen molar-refractivity contribution >= 4 is 23.8 Å². The minimum atomic E-state index is -1.16. The zero-order chi connectivity index (χ0) is 42.8. The quantitative estimate of drug-likeness (QED) is 0.107. The number of aliphatic hydroxyl groups excluding tert-OH is 1. The number of nitrogens with zero attached hydrogens (tertiary/aromatic N) is 6. The molecule has 4 aromatic rings. The summed E-state index contributed by atoms with van der Waals surface area (Å²) in [6.45, 7) is 11.6. The molecule has 318 valence electrons. The Morgan fingerprint density at radius 1 is 0.833 bits per heavy atom. The van der Waals surface area contributed by atoms with Crippen molar-refractivity contribution in [1.29, 1.82) is 0 Å². The average Bonchev–Trinajstić information content (AvgIpc) is 3.82. The van der Waals surface area contributed by atoms with Crippen molar-refractivity contribution in [2.24, 2.45) is 11.8 Å². The molecule has 0 saturated carbocycles. The molecule has 2 aromatic carbocycles. The van der Waals surface area contributed by atoms with E-state index in [2.05, 4.69) is 20.7 Å². The number of likely N-dealkylation sites (tertiary alicyclic amines) is 1. The van der Waals surface area contributed by atoms with Crippen molar-refractivity contribution in [1.82, 2.24) is 40.4 Å². The Hall–Kier alpha value is -5.66. The van der Waals surface area contributed by atoms with E-state index < -0.39 is 24.2 Å². The smallest absolute Gasteiger partial charge is 0.321 e. The molecule has 1 unspecified atom stereocenters. The third-order valence-electron chi connectivity index (χ3n) is 11.6. The van der Waals surface area contributed by atoms with Gasteiger partial charge in [0.15, 0.2) is 0 Å². The molecule has 0 aliphatic carbocycles. The third-order valence-corrected chi connectivity index (χ3v) is 11.6.